The lowest BCUT2D eigenvalue weighted by molar-refractivity contribution is 0.589. The Bertz CT molecular complexity index is 520. The Morgan fingerprint density at radius 3 is 2.56 bits per heavy atom. The fourth-order valence-corrected chi connectivity index (χ4v) is 2.11. The van der Waals surface area contributed by atoms with Crippen molar-refractivity contribution in [1.82, 2.24) is 5.32 Å². The molecule has 0 amide bonds. The van der Waals surface area contributed by atoms with Crippen LogP contribution in [0.4, 0.5) is 0 Å². The molecule has 94 valence electrons. The predicted molar refractivity (Wildman–Crippen MR) is 78.9 cm³/mol. The zero-order valence-electron chi connectivity index (χ0n) is 10.8. The van der Waals surface area contributed by atoms with Gasteiger partial charge in [0.05, 0.1) is 0 Å². The van der Waals surface area contributed by atoms with Gasteiger partial charge in [-0.15, -0.1) is 0 Å². The highest BCUT2D eigenvalue weighted by molar-refractivity contribution is 6.33. The van der Waals surface area contributed by atoms with E-state index in [1.807, 2.05) is 18.2 Å². The van der Waals surface area contributed by atoms with Crippen LogP contribution >= 0.6 is 11.6 Å². The molecule has 0 saturated carbocycles. The number of hydrogen-bond donors (Lipinski definition) is 1. The molecule has 0 radical (unpaired) electrons. The van der Waals surface area contributed by atoms with Crippen molar-refractivity contribution < 1.29 is 0 Å². The summed E-state index contributed by atoms with van der Waals surface area (Å²) in [5.41, 5.74) is 3.54. The molecule has 2 heteroatoms. The van der Waals surface area contributed by atoms with Crippen molar-refractivity contribution in [2.45, 2.75) is 26.4 Å². The molecule has 0 bridgehead atoms. The van der Waals surface area contributed by atoms with Crippen molar-refractivity contribution in [1.29, 1.82) is 0 Å². The van der Waals surface area contributed by atoms with Crippen LogP contribution in [0.15, 0.2) is 48.5 Å². The van der Waals surface area contributed by atoms with Crippen LogP contribution in [0, 0.1) is 0 Å². The van der Waals surface area contributed by atoms with Gasteiger partial charge in [-0.25, -0.2) is 0 Å². The number of hydrogen-bond acceptors (Lipinski definition) is 1. The van der Waals surface area contributed by atoms with Crippen LogP contribution in [0.3, 0.4) is 0 Å². The van der Waals surface area contributed by atoms with Crippen molar-refractivity contribution in [3.63, 3.8) is 0 Å². The van der Waals surface area contributed by atoms with Gasteiger partial charge in [-0.3, -0.25) is 0 Å². The summed E-state index contributed by atoms with van der Waals surface area (Å²) in [5, 5.41) is 4.22. The number of halogens is 1. The molecule has 0 heterocycles. The fraction of sp³-hybridized carbons (Fsp3) is 0.250. The molecule has 0 saturated heterocycles. The van der Waals surface area contributed by atoms with Gasteiger partial charge in [0.2, 0.25) is 0 Å². The number of nitrogens with one attached hydrogen (secondary N) is 1. The van der Waals surface area contributed by atoms with E-state index in [0.29, 0.717) is 6.04 Å². The highest BCUT2D eigenvalue weighted by atomic mass is 35.5. The molecule has 1 N–H and O–H groups in total. The lowest BCUT2D eigenvalue weighted by atomic mass is 10.0. The molecule has 0 unspecified atom stereocenters. The molecule has 0 atom stereocenters. The topological polar surface area (TPSA) is 12.0 Å². The van der Waals surface area contributed by atoms with E-state index in [0.717, 1.165) is 17.1 Å². The highest BCUT2D eigenvalue weighted by Crippen LogP contribution is 2.27. The van der Waals surface area contributed by atoms with Gasteiger partial charge in [0.25, 0.3) is 0 Å². The monoisotopic (exact) mass is 259 g/mol. The molecule has 0 aliphatic carbocycles. The van der Waals surface area contributed by atoms with Crippen LogP contribution in [-0.2, 0) is 6.54 Å². The number of rotatable bonds is 4. The Hall–Kier alpha value is -1.31. The molecule has 2 aromatic carbocycles. The summed E-state index contributed by atoms with van der Waals surface area (Å²) in [5.74, 6) is 0. The van der Waals surface area contributed by atoms with E-state index in [-0.39, 0.29) is 0 Å². The van der Waals surface area contributed by atoms with Gasteiger partial charge >= 0.3 is 0 Å². The molecule has 1 nitrogen and oxygen atoms in total. The van der Waals surface area contributed by atoms with Crippen LogP contribution in [-0.4, -0.2) is 6.04 Å². The maximum absolute atomic E-state index is 6.22. The molecule has 0 aliphatic heterocycles. The molecule has 2 aromatic rings. The van der Waals surface area contributed by atoms with E-state index in [4.69, 9.17) is 11.6 Å². The zero-order valence-corrected chi connectivity index (χ0v) is 11.5. The van der Waals surface area contributed by atoms with E-state index < -0.39 is 0 Å². The van der Waals surface area contributed by atoms with E-state index >= 15 is 0 Å². The molecule has 0 aromatic heterocycles. The van der Waals surface area contributed by atoms with Crippen molar-refractivity contribution >= 4 is 11.6 Å². The third-order valence-electron chi connectivity index (χ3n) is 2.83. The number of benzene rings is 2. The van der Waals surface area contributed by atoms with Crippen molar-refractivity contribution in [3.05, 3.63) is 59.1 Å². The van der Waals surface area contributed by atoms with Gasteiger partial charge in [-0.2, -0.15) is 0 Å². The Morgan fingerprint density at radius 2 is 1.83 bits per heavy atom. The largest absolute Gasteiger partial charge is 0.310 e. The Kier molecular flexibility index (Phi) is 4.40. The van der Waals surface area contributed by atoms with Crippen LogP contribution < -0.4 is 5.32 Å². The van der Waals surface area contributed by atoms with E-state index in [1.165, 1.54) is 11.1 Å². The van der Waals surface area contributed by atoms with Crippen molar-refractivity contribution in [2.75, 3.05) is 0 Å². The van der Waals surface area contributed by atoms with Crippen LogP contribution in [0.2, 0.25) is 5.02 Å². The molecule has 18 heavy (non-hydrogen) atoms. The summed E-state index contributed by atoms with van der Waals surface area (Å²) >= 11 is 6.22. The van der Waals surface area contributed by atoms with Gasteiger partial charge < -0.3 is 5.32 Å². The average molecular weight is 260 g/mol. The quantitative estimate of drug-likeness (QED) is 0.852. The molecule has 0 fully saturated rings. The van der Waals surface area contributed by atoms with Crippen molar-refractivity contribution in [3.8, 4) is 11.1 Å². The zero-order chi connectivity index (χ0) is 13.0. The minimum atomic E-state index is 0.494. The SMILES string of the molecule is CC(C)NCc1cccc(-c2ccccc2Cl)c1. The molecule has 0 spiro atoms. The Labute approximate surface area is 114 Å². The Morgan fingerprint density at radius 1 is 1.06 bits per heavy atom. The fourth-order valence-electron chi connectivity index (χ4n) is 1.87. The summed E-state index contributed by atoms with van der Waals surface area (Å²) in [7, 11) is 0. The van der Waals surface area contributed by atoms with Gasteiger partial charge in [0.1, 0.15) is 0 Å². The van der Waals surface area contributed by atoms with E-state index in [9.17, 15) is 0 Å². The lowest BCUT2D eigenvalue weighted by Crippen LogP contribution is -2.21. The van der Waals surface area contributed by atoms with Gasteiger partial charge in [0, 0.05) is 23.2 Å². The highest BCUT2D eigenvalue weighted by Gasteiger charge is 2.03. The average Bonchev–Trinajstić information content (AvgIpc) is 2.37. The van der Waals surface area contributed by atoms with Gasteiger partial charge in [-0.1, -0.05) is 61.8 Å². The predicted octanol–water partition coefficient (Wildman–Crippen LogP) is 4.51. The molecule has 2 rings (SSSR count). The summed E-state index contributed by atoms with van der Waals surface area (Å²) in [6, 6.07) is 16.9. The minimum Gasteiger partial charge on any atom is -0.310 e. The standard InChI is InChI=1S/C16H18ClN/c1-12(2)18-11-13-6-5-7-14(10-13)15-8-3-4-9-16(15)17/h3-10,12,18H,11H2,1-2H3. The maximum Gasteiger partial charge on any atom is 0.0484 e. The van der Waals surface area contributed by atoms with Crippen LogP contribution in [0.5, 0.6) is 0 Å². The summed E-state index contributed by atoms with van der Waals surface area (Å²) in [6.45, 7) is 5.19. The molecular weight excluding hydrogens is 242 g/mol. The van der Waals surface area contributed by atoms with Crippen molar-refractivity contribution in [2.24, 2.45) is 0 Å². The van der Waals surface area contributed by atoms with Gasteiger partial charge in [-0.05, 0) is 23.3 Å². The summed E-state index contributed by atoms with van der Waals surface area (Å²) in [4.78, 5) is 0. The first kappa shape index (κ1) is 13.1. The minimum absolute atomic E-state index is 0.494. The molecule has 0 aliphatic rings. The van der Waals surface area contributed by atoms with Crippen LogP contribution in [0.25, 0.3) is 11.1 Å². The smallest absolute Gasteiger partial charge is 0.0484 e. The summed E-state index contributed by atoms with van der Waals surface area (Å²) < 4.78 is 0. The second kappa shape index (κ2) is 6.03. The lowest BCUT2D eigenvalue weighted by Gasteiger charge is -2.10. The third kappa shape index (κ3) is 3.34. The van der Waals surface area contributed by atoms with Crippen LogP contribution in [0.1, 0.15) is 19.4 Å². The van der Waals surface area contributed by atoms with E-state index in [1.54, 1.807) is 0 Å². The molecular formula is C16H18ClN. The Balaban J connectivity index is 2.25. The second-order valence-corrected chi connectivity index (χ2v) is 5.12. The van der Waals surface area contributed by atoms with Gasteiger partial charge in [0.15, 0.2) is 0 Å². The maximum atomic E-state index is 6.22. The second-order valence-electron chi connectivity index (χ2n) is 4.72. The first-order valence-electron chi connectivity index (χ1n) is 6.24. The first-order chi connectivity index (χ1) is 8.66. The third-order valence-corrected chi connectivity index (χ3v) is 3.16. The first-order valence-corrected chi connectivity index (χ1v) is 6.62. The normalized spacial score (nSPS) is 10.9. The van der Waals surface area contributed by atoms with E-state index in [2.05, 4.69) is 49.5 Å². The summed E-state index contributed by atoms with van der Waals surface area (Å²) in [6.07, 6.45) is 0.